The van der Waals surface area contributed by atoms with E-state index in [1.807, 2.05) is 4.90 Å². The second-order valence-electron chi connectivity index (χ2n) is 7.71. The number of piperazine rings is 1. The van der Waals surface area contributed by atoms with E-state index in [1.54, 1.807) is 49.1 Å². The van der Waals surface area contributed by atoms with E-state index in [-0.39, 0.29) is 5.91 Å². The lowest BCUT2D eigenvalue weighted by molar-refractivity contribution is -0.137. The van der Waals surface area contributed by atoms with Crippen LogP contribution in [0, 0.1) is 11.8 Å². The van der Waals surface area contributed by atoms with E-state index < -0.39 is 17.3 Å². The van der Waals surface area contributed by atoms with Crippen molar-refractivity contribution in [2.75, 3.05) is 31.1 Å². The highest BCUT2D eigenvalue weighted by atomic mass is 19.4. The molecule has 1 saturated heterocycles. The molecule has 2 aromatic carbocycles. The summed E-state index contributed by atoms with van der Waals surface area (Å²) in [4.78, 5) is 16.3. The Balaban J connectivity index is 1.62. The van der Waals surface area contributed by atoms with Crippen LogP contribution in [0.25, 0.3) is 0 Å². The average molecular weight is 416 g/mol. The molecular formula is C23H23F3N2O2. The van der Waals surface area contributed by atoms with Gasteiger partial charge in [0.2, 0.25) is 0 Å². The first-order valence-electron chi connectivity index (χ1n) is 9.60. The zero-order valence-corrected chi connectivity index (χ0v) is 16.8. The predicted molar refractivity (Wildman–Crippen MR) is 109 cm³/mol. The first-order chi connectivity index (χ1) is 14.0. The second-order valence-corrected chi connectivity index (χ2v) is 7.71. The largest absolute Gasteiger partial charge is 0.416 e. The summed E-state index contributed by atoms with van der Waals surface area (Å²) in [6.45, 7) is 4.96. The van der Waals surface area contributed by atoms with Crippen molar-refractivity contribution in [2.24, 2.45) is 0 Å². The summed E-state index contributed by atoms with van der Waals surface area (Å²) in [7, 11) is 0. The highest BCUT2D eigenvalue weighted by molar-refractivity contribution is 5.94. The fraction of sp³-hybridized carbons (Fsp3) is 0.348. The fourth-order valence-corrected chi connectivity index (χ4v) is 3.15. The van der Waals surface area contributed by atoms with Gasteiger partial charge in [-0.05, 0) is 56.3 Å². The number of hydrogen-bond donors (Lipinski definition) is 1. The minimum atomic E-state index is -4.38. The number of rotatable bonds is 2. The Bertz CT molecular complexity index is 959. The minimum absolute atomic E-state index is 0.124. The number of aliphatic hydroxyl groups is 1. The molecule has 0 aromatic heterocycles. The van der Waals surface area contributed by atoms with Gasteiger partial charge in [-0.15, -0.1) is 0 Å². The third-order valence-electron chi connectivity index (χ3n) is 4.75. The number of hydrogen-bond acceptors (Lipinski definition) is 3. The Hall–Kier alpha value is -2.98. The molecule has 0 atom stereocenters. The minimum Gasteiger partial charge on any atom is -0.378 e. The van der Waals surface area contributed by atoms with Crippen LogP contribution in [0.4, 0.5) is 18.9 Å². The summed E-state index contributed by atoms with van der Waals surface area (Å²) in [5.41, 5.74) is -0.0364. The molecule has 0 saturated carbocycles. The highest BCUT2D eigenvalue weighted by Gasteiger charge is 2.31. The summed E-state index contributed by atoms with van der Waals surface area (Å²) < 4.78 is 38.8. The number of nitrogens with zero attached hydrogens (tertiary/aromatic N) is 2. The second kappa shape index (κ2) is 8.41. The molecule has 1 aliphatic rings. The lowest BCUT2D eigenvalue weighted by Crippen LogP contribution is -2.48. The van der Waals surface area contributed by atoms with Crippen molar-refractivity contribution < 1.29 is 23.1 Å². The van der Waals surface area contributed by atoms with Crippen LogP contribution in [0.2, 0.25) is 0 Å². The Labute approximate surface area is 173 Å². The van der Waals surface area contributed by atoms with Crippen LogP contribution in [0.1, 0.15) is 35.3 Å². The van der Waals surface area contributed by atoms with Crippen LogP contribution < -0.4 is 4.90 Å². The lowest BCUT2D eigenvalue weighted by atomic mass is 10.1. The standard InChI is InChI=1S/C23H23F3N2O2/c1-22(2,30)11-10-17-6-8-18(9-7-17)21(29)28-14-12-27(13-15-28)20-5-3-4-19(16-20)23(24,25)26/h3-9,16,30H,12-15H2,1-2H3. The molecule has 7 heteroatoms. The van der Waals surface area contributed by atoms with Gasteiger partial charge < -0.3 is 14.9 Å². The normalized spacial score (nSPS) is 14.9. The number of anilines is 1. The fourth-order valence-electron chi connectivity index (χ4n) is 3.15. The van der Waals surface area contributed by atoms with Crippen molar-refractivity contribution in [3.63, 3.8) is 0 Å². The number of halogens is 3. The van der Waals surface area contributed by atoms with E-state index in [9.17, 15) is 23.1 Å². The van der Waals surface area contributed by atoms with Gasteiger partial charge in [0.15, 0.2) is 0 Å². The van der Waals surface area contributed by atoms with Gasteiger partial charge >= 0.3 is 6.18 Å². The van der Waals surface area contributed by atoms with Crippen molar-refractivity contribution in [3.8, 4) is 11.8 Å². The topological polar surface area (TPSA) is 43.8 Å². The zero-order valence-electron chi connectivity index (χ0n) is 16.8. The van der Waals surface area contributed by atoms with E-state index >= 15 is 0 Å². The summed E-state index contributed by atoms with van der Waals surface area (Å²) in [6.07, 6.45) is -4.38. The monoisotopic (exact) mass is 416 g/mol. The van der Waals surface area contributed by atoms with Gasteiger partial charge in [-0.2, -0.15) is 13.2 Å². The van der Waals surface area contributed by atoms with Crippen LogP contribution in [0.3, 0.4) is 0 Å². The quantitative estimate of drug-likeness (QED) is 0.758. The SMILES string of the molecule is CC(C)(O)C#Cc1ccc(C(=O)N2CCN(c3cccc(C(F)(F)F)c3)CC2)cc1. The van der Waals surface area contributed by atoms with Crippen molar-refractivity contribution in [1.29, 1.82) is 0 Å². The number of alkyl halides is 3. The van der Waals surface area contributed by atoms with Crippen molar-refractivity contribution >= 4 is 11.6 Å². The van der Waals surface area contributed by atoms with Gasteiger partial charge in [0.25, 0.3) is 5.91 Å². The Morgan fingerprint density at radius 3 is 2.20 bits per heavy atom. The summed E-state index contributed by atoms with van der Waals surface area (Å²) in [5, 5.41) is 9.66. The molecule has 1 N–H and O–H groups in total. The van der Waals surface area contributed by atoms with Crippen molar-refractivity contribution in [1.82, 2.24) is 4.90 Å². The van der Waals surface area contributed by atoms with Gasteiger partial charge in [0.05, 0.1) is 5.56 Å². The third-order valence-corrected chi connectivity index (χ3v) is 4.75. The third kappa shape index (κ3) is 5.55. The maximum atomic E-state index is 12.9. The lowest BCUT2D eigenvalue weighted by Gasteiger charge is -2.36. The Morgan fingerprint density at radius 1 is 1.00 bits per heavy atom. The Kier molecular flexibility index (Phi) is 6.09. The maximum Gasteiger partial charge on any atom is 0.416 e. The molecule has 1 heterocycles. The smallest absolute Gasteiger partial charge is 0.378 e. The molecule has 0 spiro atoms. The molecule has 1 amide bonds. The van der Waals surface area contributed by atoms with Crippen molar-refractivity contribution in [3.05, 3.63) is 65.2 Å². The van der Waals surface area contributed by atoms with E-state index in [4.69, 9.17) is 0 Å². The molecule has 158 valence electrons. The zero-order chi connectivity index (χ0) is 21.9. The first-order valence-corrected chi connectivity index (χ1v) is 9.60. The molecule has 0 bridgehead atoms. The van der Waals surface area contributed by atoms with Crippen molar-refractivity contribution in [2.45, 2.75) is 25.6 Å². The maximum absolute atomic E-state index is 12.9. The molecule has 0 aliphatic carbocycles. The van der Waals surface area contributed by atoms with Gasteiger partial charge in [-0.3, -0.25) is 4.79 Å². The number of carbonyl (C=O) groups excluding carboxylic acids is 1. The molecule has 30 heavy (non-hydrogen) atoms. The number of amides is 1. The molecule has 4 nitrogen and oxygen atoms in total. The van der Waals surface area contributed by atoms with Gasteiger partial charge in [0.1, 0.15) is 5.60 Å². The molecule has 2 aromatic rings. The first kappa shape index (κ1) is 21.7. The number of benzene rings is 2. The van der Waals surface area contributed by atoms with E-state index in [2.05, 4.69) is 11.8 Å². The molecule has 0 unspecified atom stereocenters. The van der Waals surface area contributed by atoms with E-state index in [0.717, 1.165) is 12.1 Å². The Morgan fingerprint density at radius 2 is 1.63 bits per heavy atom. The van der Waals surface area contributed by atoms with Gasteiger partial charge in [-0.25, -0.2) is 0 Å². The summed E-state index contributed by atoms with van der Waals surface area (Å²) >= 11 is 0. The molecule has 1 aliphatic heterocycles. The molecule has 3 rings (SSSR count). The van der Waals surface area contributed by atoms with Crippen LogP contribution in [-0.4, -0.2) is 47.7 Å². The van der Waals surface area contributed by atoms with E-state index in [1.165, 1.54) is 6.07 Å². The number of carbonyl (C=O) groups is 1. The van der Waals surface area contributed by atoms with Crippen LogP contribution in [-0.2, 0) is 6.18 Å². The van der Waals surface area contributed by atoms with Crippen LogP contribution in [0.15, 0.2) is 48.5 Å². The predicted octanol–water partition coefficient (Wildman–Crippen LogP) is 3.79. The average Bonchev–Trinajstić information content (AvgIpc) is 2.71. The van der Waals surface area contributed by atoms with Gasteiger partial charge in [0, 0.05) is 43.0 Å². The molecule has 0 radical (unpaired) electrons. The summed E-state index contributed by atoms with van der Waals surface area (Å²) in [5.74, 6) is 5.45. The van der Waals surface area contributed by atoms with Crippen LogP contribution >= 0.6 is 0 Å². The highest BCUT2D eigenvalue weighted by Crippen LogP contribution is 2.32. The molecule has 1 fully saturated rings. The van der Waals surface area contributed by atoms with Crippen LogP contribution in [0.5, 0.6) is 0 Å². The summed E-state index contributed by atoms with van der Waals surface area (Å²) in [6, 6.07) is 12.1. The van der Waals surface area contributed by atoms with Gasteiger partial charge in [-0.1, -0.05) is 17.9 Å². The van der Waals surface area contributed by atoms with E-state index in [0.29, 0.717) is 43.0 Å². The molecular weight excluding hydrogens is 393 g/mol.